The predicted octanol–water partition coefficient (Wildman–Crippen LogP) is 4.63. The van der Waals surface area contributed by atoms with Crippen molar-refractivity contribution in [1.29, 1.82) is 0 Å². The Morgan fingerprint density at radius 3 is 2.64 bits per heavy atom. The van der Waals surface area contributed by atoms with Crippen molar-refractivity contribution in [3.63, 3.8) is 0 Å². The largest absolute Gasteiger partial charge is 0.474 e. The summed E-state index contributed by atoms with van der Waals surface area (Å²) in [5, 5.41) is 11.5. The van der Waals surface area contributed by atoms with Crippen molar-refractivity contribution >= 4 is 27.6 Å². The van der Waals surface area contributed by atoms with Crippen LogP contribution in [0.15, 0.2) is 6.33 Å². The van der Waals surface area contributed by atoms with Crippen LogP contribution in [0.25, 0.3) is 10.2 Å². The topological polar surface area (TPSA) is 94.0 Å². The first kappa shape index (κ1) is 24.2. The van der Waals surface area contributed by atoms with E-state index in [4.69, 9.17) is 14.2 Å². The molecule has 33 heavy (non-hydrogen) atoms. The van der Waals surface area contributed by atoms with Gasteiger partial charge in [-0.25, -0.2) is 14.8 Å². The van der Waals surface area contributed by atoms with Crippen LogP contribution in [0, 0.1) is 0 Å². The molecule has 2 aliphatic rings. The smallest absolute Gasteiger partial charge is 0.410 e. The molecule has 1 amide bonds. The number of aryl methyl sites for hydroxylation is 1. The summed E-state index contributed by atoms with van der Waals surface area (Å²) in [7, 11) is 1.81. The van der Waals surface area contributed by atoms with E-state index in [1.54, 1.807) is 22.6 Å². The van der Waals surface area contributed by atoms with Crippen LogP contribution in [0.3, 0.4) is 0 Å². The zero-order valence-electron chi connectivity index (χ0n) is 20.2. The first-order chi connectivity index (χ1) is 15.7. The van der Waals surface area contributed by atoms with Gasteiger partial charge in [-0.15, -0.1) is 11.3 Å². The summed E-state index contributed by atoms with van der Waals surface area (Å²) in [6.07, 6.45) is 5.60. The number of carbonyl (C=O) groups is 1. The fraction of sp³-hybridized carbons (Fsp3) is 0.708. The normalized spacial score (nSPS) is 23.9. The molecule has 0 saturated heterocycles. The molecule has 2 heterocycles. The zero-order valence-corrected chi connectivity index (χ0v) is 21.0. The summed E-state index contributed by atoms with van der Waals surface area (Å²) in [4.78, 5) is 25.2. The van der Waals surface area contributed by atoms with Gasteiger partial charge < -0.3 is 24.2 Å². The van der Waals surface area contributed by atoms with E-state index >= 15 is 0 Å². The van der Waals surface area contributed by atoms with Crippen molar-refractivity contribution in [3.05, 3.63) is 16.8 Å². The van der Waals surface area contributed by atoms with E-state index < -0.39 is 11.9 Å². The number of aromatic nitrogens is 2. The van der Waals surface area contributed by atoms with Crippen LogP contribution in [-0.2, 0) is 15.9 Å². The van der Waals surface area contributed by atoms with E-state index in [1.165, 1.54) is 4.88 Å². The number of aliphatic hydroxyl groups is 1. The van der Waals surface area contributed by atoms with Crippen LogP contribution >= 0.6 is 11.3 Å². The molecule has 0 bridgehead atoms. The molecule has 2 aromatic heterocycles. The van der Waals surface area contributed by atoms with Gasteiger partial charge >= 0.3 is 6.09 Å². The minimum atomic E-state index is -0.832. The highest BCUT2D eigenvalue weighted by Crippen LogP contribution is 2.47. The van der Waals surface area contributed by atoms with Crippen LogP contribution in [0.2, 0.25) is 0 Å². The highest BCUT2D eigenvalue weighted by molar-refractivity contribution is 7.19. The summed E-state index contributed by atoms with van der Waals surface area (Å²) < 4.78 is 17.4. The lowest BCUT2D eigenvalue weighted by atomic mass is 9.92. The molecule has 0 aliphatic heterocycles. The number of aliphatic hydroxyl groups excluding tert-OH is 1. The van der Waals surface area contributed by atoms with Crippen molar-refractivity contribution in [2.75, 3.05) is 13.7 Å². The van der Waals surface area contributed by atoms with Gasteiger partial charge in [0.05, 0.1) is 5.39 Å². The van der Waals surface area contributed by atoms with Crippen LogP contribution < -0.4 is 4.74 Å². The summed E-state index contributed by atoms with van der Waals surface area (Å²) in [5.41, 5.74) is 0.586. The number of fused-ring (bicyclic) bond motifs is 3. The van der Waals surface area contributed by atoms with E-state index in [0.29, 0.717) is 12.5 Å². The first-order valence-corrected chi connectivity index (χ1v) is 12.7. The van der Waals surface area contributed by atoms with Gasteiger partial charge in [-0.1, -0.05) is 0 Å². The van der Waals surface area contributed by atoms with E-state index in [0.717, 1.165) is 54.3 Å². The Morgan fingerprint density at radius 1 is 1.24 bits per heavy atom. The van der Waals surface area contributed by atoms with Gasteiger partial charge in [0, 0.05) is 30.5 Å². The van der Waals surface area contributed by atoms with Crippen LogP contribution in [0.5, 0.6) is 5.88 Å². The van der Waals surface area contributed by atoms with E-state index in [-0.39, 0.29) is 24.2 Å². The second-order valence-electron chi connectivity index (χ2n) is 9.93. The minimum absolute atomic E-state index is 0.0265. The maximum Gasteiger partial charge on any atom is 0.410 e. The lowest BCUT2D eigenvalue weighted by Crippen LogP contribution is -2.43. The quantitative estimate of drug-likeness (QED) is 0.606. The average molecular weight is 478 g/mol. The fourth-order valence-electron chi connectivity index (χ4n) is 4.83. The van der Waals surface area contributed by atoms with Gasteiger partial charge in [0.15, 0.2) is 6.29 Å². The molecule has 0 spiro atoms. The third-order valence-corrected chi connectivity index (χ3v) is 7.63. The van der Waals surface area contributed by atoms with Gasteiger partial charge in [0.2, 0.25) is 5.88 Å². The van der Waals surface area contributed by atoms with Crippen molar-refractivity contribution in [2.24, 2.45) is 0 Å². The molecular weight excluding hydrogens is 442 g/mol. The number of ether oxygens (including phenoxy) is 3. The van der Waals surface area contributed by atoms with E-state index in [9.17, 15) is 9.90 Å². The van der Waals surface area contributed by atoms with E-state index in [2.05, 4.69) is 9.97 Å². The molecule has 182 valence electrons. The third kappa shape index (κ3) is 5.25. The molecule has 4 rings (SSSR count). The fourth-order valence-corrected chi connectivity index (χ4v) is 6.05. The van der Waals surface area contributed by atoms with Crippen molar-refractivity contribution < 1.29 is 24.1 Å². The maximum absolute atomic E-state index is 12.4. The number of amides is 1. The Morgan fingerprint density at radius 2 is 1.97 bits per heavy atom. The van der Waals surface area contributed by atoms with Gasteiger partial charge in [-0.3, -0.25) is 0 Å². The average Bonchev–Trinajstić information content (AvgIpc) is 3.32. The lowest BCUT2D eigenvalue weighted by Gasteiger charge is -2.35. The Balaban J connectivity index is 1.45. The van der Waals surface area contributed by atoms with Crippen LogP contribution in [0.1, 0.15) is 76.2 Å². The van der Waals surface area contributed by atoms with Crippen molar-refractivity contribution in [3.8, 4) is 5.88 Å². The lowest BCUT2D eigenvalue weighted by molar-refractivity contribution is -0.110. The van der Waals surface area contributed by atoms with Crippen molar-refractivity contribution in [1.82, 2.24) is 14.9 Å². The van der Waals surface area contributed by atoms with Gasteiger partial charge in [-0.2, -0.15) is 0 Å². The first-order valence-electron chi connectivity index (χ1n) is 11.9. The van der Waals surface area contributed by atoms with Crippen LogP contribution in [0.4, 0.5) is 4.79 Å². The van der Waals surface area contributed by atoms with Gasteiger partial charge in [0.25, 0.3) is 0 Å². The molecule has 1 saturated carbocycles. The van der Waals surface area contributed by atoms with Gasteiger partial charge in [0.1, 0.15) is 22.9 Å². The SMILES string of the molecule is CCOC(O)C1CCc2sc3ncnc(OC4CCC(N(C)C(=O)OC(C)(C)C)CC4)c3c21. The highest BCUT2D eigenvalue weighted by Gasteiger charge is 2.36. The highest BCUT2D eigenvalue weighted by atomic mass is 32.1. The molecule has 2 atom stereocenters. The number of thiophene rings is 1. The summed E-state index contributed by atoms with van der Waals surface area (Å²) in [5.74, 6) is 0.511. The second-order valence-corrected chi connectivity index (χ2v) is 11.0. The Labute approximate surface area is 199 Å². The monoisotopic (exact) mass is 477 g/mol. The molecule has 9 heteroatoms. The Kier molecular flexibility index (Phi) is 7.12. The molecule has 8 nitrogen and oxygen atoms in total. The number of rotatable bonds is 6. The molecule has 2 aromatic rings. The number of hydrogen-bond donors (Lipinski definition) is 1. The molecule has 1 fully saturated rings. The Hall–Kier alpha value is -1.97. The van der Waals surface area contributed by atoms with Crippen molar-refractivity contribution in [2.45, 2.75) is 96.2 Å². The zero-order chi connectivity index (χ0) is 23.8. The second kappa shape index (κ2) is 9.72. The minimum Gasteiger partial charge on any atom is -0.474 e. The summed E-state index contributed by atoms with van der Waals surface area (Å²) >= 11 is 1.66. The molecule has 0 radical (unpaired) electrons. The molecule has 0 aromatic carbocycles. The predicted molar refractivity (Wildman–Crippen MR) is 127 cm³/mol. The standard InChI is InChI=1S/C24H35N3O5S/c1-6-30-22(28)16-11-12-17-18(16)19-20(25-13-26-21(19)33-17)31-15-9-7-14(8-10-15)27(5)23(29)32-24(2,3)4/h13-16,22,28H,6-12H2,1-5H3. The number of hydrogen-bond acceptors (Lipinski definition) is 8. The number of nitrogens with zero attached hydrogens (tertiary/aromatic N) is 3. The summed E-state index contributed by atoms with van der Waals surface area (Å²) in [6, 6.07) is 0.140. The maximum atomic E-state index is 12.4. The molecule has 2 aliphatic carbocycles. The molecule has 1 N–H and O–H groups in total. The Bertz CT molecular complexity index is 980. The molecular formula is C24H35N3O5S. The number of carbonyl (C=O) groups excluding carboxylic acids is 1. The van der Waals surface area contributed by atoms with Crippen LogP contribution in [-0.4, -0.2) is 63.8 Å². The van der Waals surface area contributed by atoms with Gasteiger partial charge in [-0.05, 0) is 71.8 Å². The third-order valence-electron chi connectivity index (χ3n) is 6.45. The summed E-state index contributed by atoms with van der Waals surface area (Å²) in [6.45, 7) is 8.00. The van der Waals surface area contributed by atoms with E-state index in [1.807, 2.05) is 34.7 Å². The molecule has 2 unspecified atom stereocenters.